The van der Waals surface area contributed by atoms with Crippen molar-refractivity contribution >= 4 is 22.6 Å². The monoisotopic (exact) mass is 430 g/mol. The Morgan fingerprint density at radius 3 is 2.09 bits per heavy atom. The summed E-state index contributed by atoms with van der Waals surface area (Å²) in [6, 6.07) is 17.2. The van der Waals surface area contributed by atoms with Gasteiger partial charge in [0.1, 0.15) is 28.1 Å². The molecule has 4 rings (SSSR count). The molecule has 0 radical (unpaired) electrons. The molecular formula is C25H26N4O3. The van der Waals surface area contributed by atoms with Gasteiger partial charge in [0, 0.05) is 5.69 Å². The maximum absolute atomic E-state index is 13.1. The van der Waals surface area contributed by atoms with E-state index in [9.17, 15) is 4.79 Å². The molecule has 0 aliphatic heterocycles. The van der Waals surface area contributed by atoms with Crippen LogP contribution in [-0.2, 0) is 0 Å². The average Bonchev–Trinajstić information content (AvgIpc) is 3.21. The standard InChI is InChI=1S/C25H26N4O3/c1-15(2)17-9-11-18(12-10-17)29-27-20-13-16(3)19(14-21(20)28-29)26-25(30)24-22(31-4)7-6-8-23(24)32-5/h6-15H,1-5H3,(H,26,30). The highest BCUT2D eigenvalue weighted by Crippen LogP contribution is 2.30. The number of methoxy groups -OCH3 is 2. The Bertz CT molecular complexity index is 1250. The van der Waals surface area contributed by atoms with E-state index in [0.717, 1.165) is 16.8 Å². The molecule has 164 valence electrons. The Morgan fingerprint density at radius 1 is 0.938 bits per heavy atom. The Hall–Kier alpha value is -3.87. The van der Waals surface area contributed by atoms with Gasteiger partial charge in [-0.2, -0.15) is 4.80 Å². The zero-order valence-electron chi connectivity index (χ0n) is 18.8. The van der Waals surface area contributed by atoms with E-state index in [0.29, 0.717) is 34.2 Å². The molecule has 0 saturated carbocycles. The number of ether oxygens (including phenoxy) is 2. The Morgan fingerprint density at radius 2 is 1.53 bits per heavy atom. The molecule has 7 nitrogen and oxygen atoms in total. The van der Waals surface area contributed by atoms with Crippen LogP contribution in [0.15, 0.2) is 54.6 Å². The van der Waals surface area contributed by atoms with Gasteiger partial charge < -0.3 is 14.8 Å². The maximum Gasteiger partial charge on any atom is 0.263 e. The predicted octanol–water partition coefficient (Wildman–Crippen LogP) is 5.12. The number of anilines is 1. The predicted molar refractivity (Wildman–Crippen MR) is 125 cm³/mol. The molecular weight excluding hydrogens is 404 g/mol. The summed E-state index contributed by atoms with van der Waals surface area (Å²) in [5.74, 6) is 1.02. The SMILES string of the molecule is COc1cccc(OC)c1C(=O)Nc1cc2nn(-c3ccc(C(C)C)cc3)nc2cc1C. The van der Waals surface area contributed by atoms with Crippen molar-refractivity contribution in [2.45, 2.75) is 26.7 Å². The van der Waals surface area contributed by atoms with Gasteiger partial charge in [-0.25, -0.2) is 0 Å². The molecule has 32 heavy (non-hydrogen) atoms. The number of carbonyl (C=O) groups is 1. The second-order valence-corrected chi connectivity index (χ2v) is 7.88. The molecule has 0 spiro atoms. The van der Waals surface area contributed by atoms with Crippen molar-refractivity contribution in [1.29, 1.82) is 0 Å². The topological polar surface area (TPSA) is 78.3 Å². The van der Waals surface area contributed by atoms with E-state index < -0.39 is 0 Å². The summed E-state index contributed by atoms with van der Waals surface area (Å²) in [7, 11) is 3.05. The molecule has 0 fully saturated rings. The van der Waals surface area contributed by atoms with E-state index in [1.54, 1.807) is 23.0 Å². The summed E-state index contributed by atoms with van der Waals surface area (Å²) in [6.45, 7) is 6.24. The van der Waals surface area contributed by atoms with Gasteiger partial charge in [-0.15, -0.1) is 10.2 Å². The summed E-state index contributed by atoms with van der Waals surface area (Å²) in [5.41, 5.74) is 5.45. The lowest BCUT2D eigenvalue weighted by molar-refractivity contribution is 0.102. The third kappa shape index (κ3) is 4.01. The maximum atomic E-state index is 13.1. The van der Waals surface area contributed by atoms with Gasteiger partial charge >= 0.3 is 0 Å². The first-order chi connectivity index (χ1) is 15.4. The number of nitrogens with zero attached hydrogens (tertiary/aromatic N) is 3. The number of hydrogen-bond donors (Lipinski definition) is 1. The van der Waals surface area contributed by atoms with Crippen molar-refractivity contribution < 1.29 is 14.3 Å². The minimum Gasteiger partial charge on any atom is -0.496 e. The highest BCUT2D eigenvalue weighted by atomic mass is 16.5. The first-order valence-corrected chi connectivity index (χ1v) is 10.4. The molecule has 1 N–H and O–H groups in total. The van der Waals surface area contributed by atoms with Crippen molar-refractivity contribution in [2.24, 2.45) is 0 Å². The molecule has 7 heteroatoms. The van der Waals surface area contributed by atoms with Crippen LogP contribution < -0.4 is 14.8 Å². The van der Waals surface area contributed by atoms with E-state index in [2.05, 4.69) is 41.5 Å². The third-order valence-corrected chi connectivity index (χ3v) is 5.42. The quantitative estimate of drug-likeness (QED) is 0.459. The van der Waals surface area contributed by atoms with Gasteiger partial charge in [-0.1, -0.05) is 32.0 Å². The van der Waals surface area contributed by atoms with Crippen LogP contribution >= 0.6 is 0 Å². The van der Waals surface area contributed by atoms with Crippen LogP contribution in [0.2, 0.25) is 0 Å². The minimum atomic E-state index is -0.321. The first-order valence-electron chi connectivity index (χ1n) is 10.4. The first kappa shape index (κ1) is 21.4. The number of rotatable bonds is 6. The van der Waals surface area contributed by atoms with Crippen molar-refractivity contribution in [2.75, 3.05) is 19.5 Å². The molecule has 3 aromatic carbocycles. The zero-order chi connectivity index (χ0) is 22.8. The zero-order valence-corrected chi connectivity index (χ0v) is 18.8. The molecule has 0 saturated heterocycles. The molecule has 4 aromatic rings. The largest absolute Gasteiger partial charge is 0.496 e. The van der Waals surface area contributed by atoms with Gasteiger partial charge in [0.05, 0.1) is 19.9 Å². The lowest BCUT2D eigenvalue weighted by Crippen LogP contribution is -2.15. The van der Waals surface area contributed by atoms with Crippen molar-refractivity contribution in [3.05, 3.63) is 71.3 Å². The number of aromatic nitrogens is 3. The lowest BCUT2D eigenvalue weighted by Gasteiger charge is -2.14. The smallest absolute Gasteiger partial charge is 0.263 e. The average molecular weight is 431 g/mol. The third-order valence-electron chi connectivity index (χ3n) is 5.42. The van der Waals surface area contributed by atoms with E-state index in [1.165, 1.54) is 19.8 Å². The second kappa shape index (κ2) is 8.70. The number of amides is 1. The molecule has 0 aliphatic rings. The lowest BCUT2D eigenvalue weighted by atomic mass is 10.0. The number of nitrogens with one attached hydrogen (secondary N) is 1. The molecule has 0 bridgehead atoms. The molecule has 1 heterocycles. The number of hydrogen-bond acceptors (Lipinski definition) is 5. The van der Waals surface area contributed by atoms with Crippen LogP contribution in [0.5, 0.6) is 11.5 Å². The van der Waals surface area contributed by atoms with E-state index in [1.807, 2.05) is 31.2 Å². The van der Waals surface area contributed by atoms with Crippen LogP contribution in [-0.4, -0.2) is 35.1 Å². The van der Waals surface area contributed by atoms with Crippen LogP contribution in [0.4, 0.5) is 5.69 Å². The van der Waals surface area contributed by atoms with E-state index in [-0.39, 0.29) is 5.91 Å². The second-order valence-electron chi connectivity index (χ2n) is 7.88. The van der Waals surface area contributed by atoms with Gasteiger partial charge in [0.25, 0.3) is 5.91 Å². The van der Waals surface area contributed by atoms with Gasteiger partial charge in [0.15, 0.2) is 0 Å². The number of carbonyl (C=O) groups excluding carboxylic acids is 1. The van der Waals surface area contributed by atoms with Crippen molar-refractivity contribution in [1.82, 2.24) is 15.0 Å². The summed E-state index contributed by atoms with van der Waals surface area (Å²) in [5, 5.41) is 12.2. The molecule has 1 amide bonds. The number of aryl methyl sites for hydroxylation is 1. The highest BCUT2D eigenvalue weighted by Gasteiger charge is 2.19. The van der Waals surface area contributed by atoms with E-state index in [4.69, 9.17) is 9.47 Å². The summed E-state index contributed by atoms with van der Waals surface area (Å²) < 4.78 is 10.7. The fraction of sp³-hybridized carbons (Fsp3) is 0.240. The van der Waals surface area contributed by atoms with Crippen LogP contribution in [0.25, 0.3) is 16.7 Å². The number of benzene rings is 3. The fourth-order valence-electron chi connectivity index (χ4n) is 3.57. The van der Waals surface area contributed by atoms with E-state index >= 15 is 0 Å². The van der Waals surface area contributed by atoms with Crippen LogP contribution in [0.3, 0.4) is 0 Å². The Labute approximate surface area is 187 Å². The normalized spacial score (nSPS) is 11.1. The summed E-state index contributed by atoms with van der Waals surface area (Å²) in [4.78, 5) is 14.7. The van der Waals surface area contributed by atoms with Gasteiger partial charge in [-0.3, -0.25) is 4.79 Å². The molecule has 1 aromatic heterocycles. The molecule has 0 atom stereocenters. The van der Waals surface area contributed by atoms with Crippen LogP contribution in [0, 0.1) is 6.92 Å². The van der Waals surface area contributed by atoms with Gasteiger partial charge in [-0.05, 0) is 60.4 Å². The molecule has 0 aliphatic carbocycles. The van der Waals surface area contributed by atoms with Crippen LogP contribution in [0.1, 0.15) is 41.3 Å². The highest BCUT2D eigenvalue weighted by molar-refractivity contribution is 6.09. The Balaban J connectivity index is 1.66. The summed E-state index contributed by atoms with van der Waals surface area (Å²) in [6.07, 6.45) is 0. The van der Waals surface area contributed by atoms with Gasteiger partial charge in [0.2, 0.25) is 0 Å². The minimum absolute atomic E-state index is 0.321. The Kier molecular flexibility index (Phi) is 5.81. The molecule has 0 unspecified atom stereocenters. The summed E-state index contributed by atoms with van der Waals surface area (Å²) >= 11 is 0. The van der Waals surface area contributed by atoms with Crippen molar-refractivity contribution in [3.8, 4) is 17.2 Å². The number of fused-ring (bicyclic) bond motifs is 1. The fourth-order valence-corrected chi connectivity index (χ4v) is 3.57. The van der Waals surface area contributed by atoms with Crippen molar-refractivity contribution in [3.63, 3.8) is 0 Å².